The largest absolute Gasteiger partial charge is 0.388 e. The summed E-state index contributed by atoms with van der Waals surface area (Å²) < 4.78 is 13.5. The molecule has 4 heteroatoms. The maximum atomic E-state index is 13.5. The zero-order valence-corrected chi connectivity index (χ0v) is 10.5. The van der Waals surface area contributed by atoms with Crippen LogP contribution < -0.4 is 4.90 Å². The number of benzene rings is 1. The van der Waals surface area contributed by atoms with Gasteiger partial charge >= 0.3 is 0 Å². The number of nitrogens with zero attached hydrogens (tertiary/aromatic N) is 2. The van der Waals surface area contributed by atoms with Crippen molar-refractivity contribution < 1.29 is 9.50 Å². The molecule has 0 spiro atoms. The maximum Gasteiger partial charge on any atom is 0.143 e. The topological polar surface area (TPSA) is 47.3 Å². The molecule has 1 saturated carbocycles. The molecule has 18 heavy (non-hydrogen) atoms. The smallest absolute Gasteiger partial charge is 0.143 e. The highest BCUT2D eigenvalue weighted by atomic mass is 19.1. The molecule has 1 N–H and O–H groups in total. The molecule has 0 amide bonds. The summed E-state index contributed by atoms with van der Waals surface area (Å²) in [5.41, 5.74) is -0.118. The zero-order valence-electron chi connectivity index (χ0n) is 10.5. The van der Waals surface area contributed by atoms with Crippen molar-refractivity contribution in [2.45, 2.75) is 31.3 Å². The molecular formula is C14H17FN2O. The van der Waals surface area contributed by atoms with Gasteiger partial charge in [-0.2, -0.15) is 5.26 Å². The molecule has 0 radical (unpaired) electrons. The van der Waals surface area contributed by atoms with E-state index in [1.165, 1.54) is 6.07 Å². The Kier molecular flexibility index (Phi) is 3.53. The first-order valence-corrected chi connectivity index (χ1v) is 6.18. The lowest BCUT2D eigenvalue weighted by molar-refractivity contribution is 0.0559. The second-order valence-electron chi connectivity index (χ2n) is 5.03. The van der Waals surface area contributed by atoms with Crippen LogP contribution in [0.3, 0.4) is 0 Å². The lowest BCUT2D eigenvalue weighted by Gasteiger charge is -2.30. The van der Waals surface area contributed by atoms with Crippen molar-refractivity contribution in [2.75, 3.05) is 18.5 Å². The van der Waals surface area contributed by atoms with Gasteiger partial charge in [0.25, 0.3) is 0 Å². The molecule has 1 aromatic rings. The van der Waals surface area contributed by atoms with Crippen LogP contribution >= 0.6 is 0 Å². The van der Waals surface area contributed by atoms with Crippen LogP contribution in [0.2, 0.25) is 0 Å². The van der Waals surface area contributed by atoms with Crippen molar-refractivity contribution in [3.8, 4) is 6.07 Å². The van der Waals surface area contributed by atoms with E-state index >= 15 is 0 Å². The first-order chi connectivity index (χ1) is 8.56. The van der Waals surface area contributed by atoms with Gasteiger partial charge in [0, 0.05) is 13.6 Å². The van der Waals surface area contributed by atoms with Gasteiger partial charge in [-0.3, -0.25) is 0 Å². The highest BCUT2D eigenvalue weighted by Crippen LogP contribution is 2.32. The van der Waals surface area contributed by atoms with E-state index < -0.39 is 11.4 Å². The third kappa shape index (κ3) is 2.46. The fraction of sp³-hybridized carbons (Fsp3) is 0.500. The van der Waals surface area contributed by atoms with Crippen LogP contribution in [0.1, 0.15) is 31.2 Å². The molecule has 0 aromatic heterocycles. The minimum absolute atomic E-state index is 0.0431. The molecule has 1 aliphatic carbocycles. The van der Waals surface area contributed by atoms with Gasteiger partial charge in [-0.05, 0) is 25.0 Å². The van der Waals surface area contributed by atoms with Crippen LogP contribution in [0.5, 0.6) is 0 Å². The Morgan fingerprint density at radius 2 is 2.11 bits per heavy atom. The summed E-state index contributed by atoms with van der Waals surface area (Å²) in [5, 5.41) is 19.3. The van der Waals surface area contributed by atoms with Gasteiger partial charge in [0.1, 0.15) is 17.4 Å². The average molecular weight is 248 g/mol. The van der Waals surface area contributed by atoms with Crippen molar-refractivity contribution in [1.82, 2.24) is 0 Å². The number of nitriles is 1. The molecule has 0 bridgehead atoms. The van der Waals surface area contributed by atoms with E-state index in [1.807, 2.05) is 6.07 Å². The first-order valence-electron chi connectivity index (χ1n) is 6.18. The summed E-state index contributed by atoms with van der Waals surface area (Å²) in [6.07, 6.45) is 3.60. The molecule has 0 unspecified atom stereocenters. The Morgan fingerprint density at radius 1 is 1.44 bits per heavy atom. The van der Waals surface area contributed by atoms with E-state index in [2.05, 4.69) is 0 Å². The molecule has 0 saturated heterocycles. The number of aliphatic hydroxyl groups is 1. The van der Waals surface area contributed by atoms with Gasteiger partial charge in [-0.25, -0.2) is 4.39 Å². The van der Waals surface area contributed by atoms with Crippen LogP contribution in [-0.4, -0.2) is 24.3 Å². The fourth-order valence-corrected chi connectivity index (χ4v) is 2.66. The van der Waals surface area contributed by atoms with Crippen LogP contribution in [-0.2, 0) is 0 Å². The van der Waals surface area contributed by atoms with Crippen molar-refractivity contribution in [3.63, 3.8) is 0 Å². The van der Waals surface area contributed by atoms with Crippen molar-refractivity contribution in [1.29, 1.82) is 5.26 Å². The van der Waals surface area contributed by atoms with Gasteiger partial charge in [0.2, 0.25) is 0 Å². The molecular weight excluding hydrogens is 231 g/mol. The van der Waals surface area contributed by atoms with Crippen LogP contribution in [0, 0.1) is 17.1 Å². The standard InChI is InChI=1S/C14H17FN2O/c1-17(10-14(18)7-2-3-8-14)13-6-4-5-12(15)11(13)9-16/h4-6,18H,2-3,7-8,10H2,1H3. The summed E-state index contributed by atoms with van der Waals surface area (Å²) in [7, 11) is 1.78. The SMILES string of the molecule is CN(CC1(O)CCCC1)c1cccc(F)c1C#N. The predicted molar refractivity (Wildman–Crippen MR) is 67.8 cm³/mol. The van der Waals surface area contributed by atoms with Gasteiger partial charge in [-0.1, -0.05) is 18.9 Å². The molecule has 1 aliphatic rings. The third-order valence-corrected chi connectivity index (χ3v) is 3.58. The molecule has 1 aromatic carbocycles. The van der Waals surface area contributed by atoms with Crippen molar-refractivity contribution in [3.05, 3.63) is 29.6 Å². The molecule has 96 valence electrons. The van der Waals surface area contributed by atoms with Crippen LogP contribution in [0.4, 0.5) is 10.1 Å². The second-order valence-corrected chi connectivity index (χ2v) is 5.03. The van der Waals surface area contributed by atoms with E-state index in [4.69, 9.17) is 5.26 Å². The van der Waals surface area contributed by atoms with Crippen molar-refractivity contribution in [2.24, 2.45) is 0 Å². The average Bonchev–Trinajstić information content (AvgIpc) is 2.75. The quantitative estimate of drug-likeness (QED) is 0.893. The number of anilines is 1. The highest BCUT2D eigenvalue weighted by Gasteiger charge is 2.32. The van der Waals surface area contributed by atoms with Gasteiger partial charge < -0.3 is 10.0 Å². The van der Waals surface area contributed by atoms with Gasteiger partial charge in [0.15, 0.2) is 0 Å². The normalized spacial score (nSPS) is 17.4. The minimum Gasteiger partial charge on any atom is -0.388 e. The number of likely N-dealkylation sites (N-methyl/N-ethyl adjacent to an activating group) is 1. The van der Waals surface area contributed by atoms with Gasteiger partial charge in [-0.15, -0.1) is 0 Å². The summed E-state index contributed by atoms with van der Waals surface area (Å²) in [6.45, 7) is 0.436. The molecule has 2 rings (SSSR count). The third-order valence-electron chi connectivity index (χ3n) is 3.58. The van der Waals surface area contributed by atoms with E-state index in [0.29, 0.717) is 12.2 Å². The number of hydrogen-bond acceptors (Lipinski definition) is 3. The van der Waals surface area contributed by atoms with E-state index in [1.54, 1.807) is 24.1 Å². The first kappa shape index (κ1) is 12.8. The van der Waals surface area contributed by atoms with Crippen LogP contribution in [0.25, 0.3) is 0 Å². The minimum atomic E-state index is -0.701. The fourth-order valence-electron chi connectivity index (χ4n) is 2.66. The maximum absolute atomic E-state index is 13.5. The Morgan fingerprint density at radius 3 is 2.72 bits per heavy atom. The monoisotopic (exact) mass is 248 g/mol. The summed E-state index contributed by atoms with van der Waals surface area (Å²) in [4.78, 5) is 1.77. The van der Waals surface area contributed by atoms with E-state index in [0.717, 1.165) is 25.7 Å². The number of halogens is 1. The summed E-state index contributed by atoms with van der Waals surface area (Å²) >= 11 is 0. The Hall–Kier alpha value is -1.60. The lowest BCUT2D eigenvalue weighted by atomic mass is 10.0. The molecule has 1 fully saturated rings. The van der Waals surface area contributed by atoms with Crippen molar-refractivity contribution >= 4 is 5.69 Å². The Balaban J connectivity index is 2.21. The second kappa shape index (κ2) is 4.95. The molecule has 3 nitrogen and oxygen atoms in total. The molecule has 0 aliphatic heterocycles. The zero-order chi connectivity index (χ0) is 13.2. The van der Waals surface area contributed by atoms with Crippen LogP contribution in [0.15, 0.2) is 18.2 Å². The van der Waals surface area contributed by atoms with Gasteiger partial charge in [0.05, 0.1) is 11.3 Å². The van der Waals surface area contributed by atoms with E-state index in [-0.39, 0.29) is 5.56 Å². The number of hydrogen-bond donors (Lipinski definition) is 1. The lowest BCUT2D eigenvalue weighted by Crippen LogP contribution is -2.39. The van der Waals surface area contributed by atoms with E-state index in [9.17, 15) is 9.50 Å². The molecule has 0 heterocycles. The highest BCUT2D eigenvalue weighted by molar-refractivity contribution is 5.59. The Labute approximate surface area is 106 Å². The number of rotatable bonds is 3. The summed E-state index contributed by atoms with van der Waals surface area (Å²) in [5.74, 6) is -0.514. The molecule has 0 atom stereocenters. The summed E-state index contributed by atoms with van der Waals surface area (Å²) in [6, 6.07) is 6.45. The predicted octanol–water partition coefficient (Wildman–Crippen LogP) is 2.44. The Bertz CT molecular complexity index is 475.